The molecule has 0 unspecified atom stereocenters. The lowest BCUT2D eigenvalue weighted by Gasteiger charge is -2.25. The summed E-state index contributed by atoms with van der Waals surface area (Å²) < 4.78 is 17.2. The highest BCUT2D eigenvalue weighted by atomic mass is 16.7. The van der Waals surface area contributed by atoms with Crippen LogP contribution in [0.1, 0.15) is 29.6 Å². The monoisotopic (exact) mass is 316 g/mol. The fraction of sp³-hybridized carbons (Fsp3) is 0.556. The van der Waals surface area contributed by atoms with Crippen LogP contribution in [-0.4, -0.2) is 37.4 Å². The van der Waals surface area contributed by atoms with Gasteiger partial charge in [0.1, 0.15) is 12.4 Å². The van der Waals surface area contributed by atoms with Gasteiger partial charge in [-0.25, -0.2) is 4.79 Å². The number of hydrogen-bond donors (Lipinski definition) is 0. The van der Waals surface area contributed by atoms with E-state index in [9.17, 15) is 9.59 Å². The van der Waals surface area contributed by atoms with Gasteiger partial charge in [-0.1, -0.05) is 18.2 Å². The Kier molecular flexibility index (Phi) is 3.70. The summed E-state index contributed by atoms with van der Waals surface area (Å²) in [7, 11) is 0. The summed E-state index contributed by atoms with van der Waals surface area (Å²) in [6, 6.07) is 8.91. The first-order valence-corrected chi connectivity index (χ1v) is 8.20. The van der Waals surface area contributed by atoms with E-state index in [-0.39, 0.29) is 23.9 Å². The molecular weight excluding hydrogens is 296 g/mol. The standard InChI is InChI=1S/C18H20O5/c19-11-15-14-10-18(21-6-7-22-18)9-13(14)8-16(15)23-17(20)12-4-2-1-3-5-12/h1-5,11,13-16H,6-10H2/t13-,14+,15-,16-/m1/s1. The molecule has 23 heavy (non-hydrogen) atoms. The van der Waals surface area contributed by atoms with Crippen molar-refractivity contribution in [2.45, 2.75) is 31.2 Å². The van der Waals surface area contributed by atoms with E-state index in [2.05, 4.69) is 0 Å². The van der Waals surface area contributed by atoms with Crippen molar-refractivity contribution in [2.24, 2.45) is 17.8 Å². The van der Waals surface area contributed by atoms with Gasteiger partial charge in [0.05, 0.1) is 24.7 Å². The Morgan fingerprint density at radius 1 is 1.17 bits per heavy atom. The van der Waals surface area contributed by atoms with Crippen molar-refractivity contribution in [2.75, 3.05) is 13.2 Å². The van der Waals surface area contributed by atoms with Gasteiger partial charge in [0, 0.05) is 12.8 Å². The average molecular weight is 316 g/mol. The Balaban J connectivity index is 1.46. The van der Waals surface area contributed by atoms with Crippen LogP contribution < -0.4 is 0 Å². The molecule has 1 heterocycles. The molecule has 0 radical (unpaired) electrons. The summed E-state index contributed by atoms with van der Waals surface area (Å²) in [6.07, 6.45) is 2.83. The molecule has 0 N–H and O–H groups in total. The third-order valence-corrected chi connectivity index (χ3v) is 5.42. The van der Waals surface area contributed by atoms with Gasteiger partial charge in [-0.3, -0.25) is 0 Å². The quantitative estimate of drug-likeness (QED) is 0.632. The molecule has 122 valence electrons. The van der Waals surface area contributed by atoms with Gasteiger partial charge in [-0.15, -0.1) is 0 Å². The van der Waals surface area contributed by atoms with Crippen molar-refractivity contribution in [3.8, 4) is 0 Å². The summed E-state index contributed by atoms with van der Waals surface area (Å²) in [6.45, 7) is 1.25. The molecule has 0 aromatic heterocycles. The predicted octanol–water partition coefficient (Wildman–Crippen LogP) is 2.20. The highest BCUT2D eigenvalue weighted by Crippen LogP contribution is 2.54. The van der Waals surface area contributed by atoms with E-state index >= 15 is 0 Å². The van der Waals surface area contributed by atoms with Crippen LogP contribution in [-0.2, 0) is 19.0 Å². The van der Waals surface area contributed by atoms with E-state index < -0.39 is 5.79 Å². The molecule has 2 saturated carbocycles. The smallest absolute Gasteiger partial charge is 0.338 e. The zero-order valence-electron chi connectivity index (χ0n) is 12.9. The highest BCUT2D eigenvalue weighted by molar-refractivity contribution is 5.89. The molecule has 1 aromatic rings. The lowest BCUT2D eigenvalue weighted by Crippen LogP contribution is -2.32. The molecule has 5 nitrogen and oxygen atoms in total. The van der Waals surface area contributed by atoms with Crippen LogP contribution in [0.15, 0.2) is 30.3 Å². The number of carbonyl (C=O) groups excluding carboxylic acids is 2. The molecule has 1 spiro atoms. The van der Waals surface area contributed by atoms with Crippen molar-refractivity contribution in [3.63, 3.8) is 0 Å². The number of ether oxygens (including phenoxy) is 3. The maximum atomic E-state index is 12.2. The fourth-order valence-electron chi connectivity index (χ4n) is 4.43. The topological polar surface area (TPSA) is 61.8 Å². The molecule has 0 bridgehead atoms. The fourth-order valence-corrected chi connectivity index (χ4v) is 4.43. The maximum Gasteiger partial charge on any atom is 0.338 e. The van der Waals surface area contributed by atoms with Crippen molar-refractivity contribution in [3.05, 3.63) is 35.9 Å². The van der Waals surface area contributed by atoms with Crippen molar-refractivity contribution < 1.29 is 23.8 Å². The van der Waals surface area contributed by atoms with Gasteiger partial charge in [0.2, 0.25) is 0 Å². The number of esters is 1. The lowest BCUT2D eigenvalue weighted by atomic mass is 9.92. The summed E-state index contributed by atoms with van der Waals surface area (Å²) >= 11 is 0. The second-order valence-corrected chi connectivity index (χ2v) is 6.70. The van der Waals surface area contributed by atoms with E-state index in [1.807, 2.05) is 6.07 Å². The van der Waals surface area contributed by atoms with Crippen LogP contribution in [0.25, 0.3) is 0 Å². The summed E-state index contributed by atoms with van der Waals surface area (Å²) in [5, 5.41) is 0. The first kappa shape index (κ1) is 14.8. The maximum absolute atomic E-state index is 12.2. The van der Waals surface area contributed by atoms with E-state index in [0.717, 1.165) is 19.1 Å². The first-order valence-electron chi connectivity index (χ1n) is 8.20. The molecule has 1 aliphatic heterocycles. The van der Waals surface area contributed by atoms with Crippen LogP contribution in [0.3, 0.4) is 0 Å². The molecule has 1 aromatic carbocycles. The number of rotatable bonds is 3. The van der Waals surface area contributed by atoms with Crippen molar-refractivity contribution in [1.29, 1.82) is 0 Å². The number of aldehydes is 1. The molecular formula is C18H20O5. The highest BCUT2D eigenvalue weighted by Gasteiger charge is 2.57. The van der Waals surface area contributed by atoms with Gasteiger partial charge in [-0.2, -0.15) is 0 Å². The molecule has 4 rings (SSSR count). The minimum absolute atomic E-state index is 0.180. The van der Waals surface area contributed by atoms with Crippen LogP contribution in [0.5, 0.6) is 0 Å². The number of hydrogen-bond acceptors (Lipinski definition) is 5. The van der Waals surface area contributed by atoms with Crippen LogP contribution in [0.4, 0.5) is 0 Å². The zero-order valence-corrected chi connectivity index (χ0v) is 12.9. The number of benzene rings is 1. The molecule has 3 aliphatic rings. The third-order valence-electron chi connectivity index (χ3n) is 5.42. The van der Waals surface area contributed by atoms with Crippen molar-refractivity contribution in [1.82, 2.24) is 0 Å². The number of carbonyl (C=O) groups is 2. The second-order valence-electron chi connectivity index (χ2n) is 6.70. The largest absolute Gasteiger partial charge is 0.458 e. The van der Waals surface area contributed by atoms with E-state index in [1.54, 1.807) is 24.3 Å². The van der Waals surface area contributed by atoms with Gasteiger partial charge >= 0.3 is 5.97 Å². The van der Waals surface area contributed by atoms with E-state index in [0.29, 0.717) is 31.1 Å². The van der Waals surface area contributed by atoms with Gasteiger partial charge in [-0.05, 0) is 30.4 Å². The minimum atomic E-state index is -0.495. The summed E-state index contributed by atoms with van der Waals surface area (Å²) in [5.74, 6) is -0.619. The average Bonchev–Trinajstić information content (AvgIpc) is 3.24. The SMILES string of the molecule is O=C[C@@H]1[C@H]2CC3(C[C@H]2C[C@H]1OC(=O)c1ccccc1)OCCO3. The Bertz CT molecular complexity index is 593. The van der Waals surface area contributed by atoms with E-state index in [4.69, 9.17) is 14.2 Å². The van der Waals surface area contributed by atoms with Crippen LogP contribution >= 0.6 is 0 Å². The second kappa shape index (κ2) is 5.73. The van der Waals surface area contributed by atoms with Gasteiger partial charge in [0.15, 0.2) is 5.79 Å². The molecule has 3 fully saturated rings. The molecule has 2 aliphatic carbocycles. The van der Waals surface area contributed by atoms with Gasteiger partial charge < -0.3 is 19.0 Å². The summed E-state index contributed by atoms with van der Waals surface area (Å²) in [4.78, 5) is 23.9. The molecule has 4 atom stereocenters. The summed E-state index contributed by atoms with van der Waals surface area (Å²) in [5.41, 5.74) is 0.521. The Morgan fingerprint density at radius 3 is 2.61 bits per heavy atom. The Morgan fingerprint density at radius 2 is 1.91 bits per heavy atom. The van der Waals surface area contributed by atoms with Crippen molar-refractivity contribution >= 4 is 12.3 Å². The van der Waals surface area contributed by atoms with Crippen LogP contribution in [0, 0.1) is 17.8 Å². The van der Waals surface area contributed by atoms with E-state index in [1.165, 1.54) is 0 Å². The third kappa shape index (κ3) is 2.58. The molecule has 5 heteroatoms. The Hall–Kier alpha value is -1.72. The first-order chi connectivity index (χ1) is 11.2. The predicted molar refractivity (Wildman–Crippen MR) is 80.7 cm³/mol. The number of fused-ring (bicyclic) bond motifs is 1. The van der Waals surface area contributed by atoms with Gasteiger partial charge in [0.25, 0.3) is 0 Å². The Labute approximate surface area is 134 Å². The lowest BCUT2D eigenvalue weighted by molar-refractivity contribution is -0.158. The zero-order chi connectivity index (χ0) is 15.9. The molecule has 1 saturated heterocycles. The normalized spacial score (nSPS) is 34.4. The minimum Gasteiger partial charge on any atom is -0.458 e. The van der Waals surface area contributed by atoms with Crippen LogP contribution in [0.2, 0.25) is 0 Å². The molecule has 0 amide bonds.